The van der Waals surface area contributed by atoms with Crippen molar-refractivity contribution >= 4 is 0 Å². The van der Waals surface area contributed by atoms with E-state index in [9.17, 15) is 0 Å². The van der Waals surface area contributed by atoms with Gasteiger partial charge in [0.15, 0.2) is 0 Å². The van der Waals surface area contributed by atoms with Gasteiger partial charge >= 0.3 is 0 Å². The summed E-state index contributed by atoms with van der Waals surface area (Å²) in [7, 11) is 0. The van der Waals surface area contributed by atoms with Crippen LogP contribution in [0.15, 0.2) is 46.8 Å². The maximum Gasteiger partial charge on any atom is 0.0937 e. The standard InChI is InChI=1S/C10H10O/c1-2-4-9(3-1)7-10-5-6-11-8-10/h1-3,5-6,8H,4,7H2. The van der Waals surface area contributed by atoms with Crippen molar-refractivity contribution in [3.8, 4) is 0 Å². The molecule has 0 saturated carbocycles. The van der Waals surface area contributed by atoms with Crippen LogP contribution in [-0.2, 0) is 6.42 Å². The van der Waals surface area contributed by atoms with Gasteiger partial charge < -0.3 is 4.42 Å². The van der Waals surface area contributed by atoms with Gasteiger partial charge in [-0.2, -0.15) is 0 Å². The monoisotopic (exact) mass is 146 g/mol. The van der Waals surface area contributed by atoms with Crippen LogP contribution < -0.4 is 0 Å². The Bertz CT molecular complexity index is 278. The fourth-order valence-corrected chi connectivity index (χ4v) is 1.28. The Morgan fingerprint density at radius 2 is 2.45 bits per heavy atom. The van der Waals surface area contributed by atoms with Crippen LogP contribution in [0.1, 0.15) is 12.0 Å². The maximum absolute atomic E-state index is 4.98. The van der Waals surface area contributed by atoms with Gasteiger partial charge in [-0.15, -0.1) is 0 Å². The number of rotatable bonds is 2. The molecule has 0 amide bonds. The second-order valence-electron chi connectivity index (χ2n) is 2.77. The predicted octanol–water partition coefficient (Wildman–Crippen LogP) is 2.71. The SMILES string of the molecule is C1=CCC(Cc2ccoc2)=C1. The molecule has 0 fully saturated rings. The van der Waals surface area contributed by atoms with Gasteiger partial charge in [-0.05, 0) is 24.5 Å². The second-order valence-corrected chi connectivity index (χ2v) is 2.77. The molecule has 2 rings (SSSR count). The summed E-state index contributed by atoms with van der Waals surface area (Å²) in [5.41, 5.74) is 2.73. The Kier molecular flexibility index (Phi) is 1.64. The summed E-state index contributed by atoms with van der Waals surface area (Å²) >= 11 is 0. The Morgan fingerprint density at radius 3 is 3.09 bits per heavy atom. The highest BCUT2D eigenvalue weighted by Gasteiger charge is 2.01. The van der Waals surface area contributed by atoms with Crippen LogP contribution in [0.25, 0.3) is 0 Å². The molecule has 0 spiro atoms. The van der Waals surface area contributed by atoms with Crippen LogP contribution in [0.2, 0.25) is 0 Å². The fraction of sp³-hybridized carbons (Fsp3) is 0.200. The van der Waals surface area contributed by atoms with Crippen molar-refractivity contribution in [2.75, 3.05) is 0 Å². The molecule has 0 saturated heterocycles. The number of furan rings is 1. The molecule has 1 nitrogen and oxygen atoms in total. The molecule has 1 heteroatoms. The van der Waals surface area contributed by atoms with Gasteiger partial charge in [0.2, 0.25) is 0 Å². The van der Waals surface area contributed by atoms with Crippen molar-refractivity contribution in [2.24, 2.45) is 0 Å². The minimum atomic E-state index is 1.03. The fourth-order valence-electron chi connectivity index (χ4n) is 1.28. The number of hydrogen-bond donors (Lipinski definition) is 0. The summed E-state index contributed by atoms with van der Waals surface area (Å²) in [6, 6.07) is 2.01. The topological polar surface area (TPSA) is 13.1 Å². The van der Waals surface area contributed by atoms with Crippen molar-refractivity contribution in [1.29, 1.82) is 0 Å². The van der Waals surface area contributed by atoms with Crippen LogP contribution in [0.5, 0.6) is 0 Å². The van der Waals surface area contributed by atoms with E-state index in [1.54, 1.807) is 12.5 Å². The van der Waals surface area contributed by atoms with Crippen molar-refractivity contribution in [3.63, 3.8) is 0 Å². The lowest BCUT2D eigenvalue weighted by Gasteiger charge is -1.95. The third-order valence-corrected chi connectivity index (χ3v) is 1.86. The van der Waals surface area contributed by atoms with Crippen LogP contribution >= 0.6 is 0 Å². The van der Waals surface area contributed by atoms with Gasteiger partial charge in [0.1, 0.15) is 0 Å². The normalized spacial score (nSPS) is 15.5. The summed E-state index contributed by atoms with van der Waals surface area (Å²) in [5.74, 6) is 0. The molecule has 1 aromatic rings. The molecule has 1 heterocycles. The summed E-state index contributed by atoms with van der Waals surface area (Å²) in [6.07, 6.45) is 12.1. The highest BCUT2D eigenvalue weighted by atomic mass is 16.3. The Balaban J connectivity index is 2.02. The molecule has 0 atom stereocenters. The number of allylic oxidation sites excluding steroid dienone is 4. The van der Waals surface area contributed by atoms with E-state index in [4.69, 9.17) is 4.42 Å². The van der Waals surface area contributed by atoms with E-state index < -0.39 is 0 Å². The largest absolute Gasteiger partial charge is 0.472 e. The average Bonchev–Trinajstić information content (AvgIpc) is 2.60. The summed E-state index contributed by atoms with van der Waals surface area (Å²) < 4.78 is 4.98. The van der Waals surface area contributed by atoms with Gasteiger partial charge in [-0.1, -0.05) is 23.8 Å². The van der Waals surface area contributed by atoms with E-state index in [1.807, 2.05) is 6.07 Å². The molecule has 0 N–H and O–H groups in total. The molecule has 1 aliphatic carbocycles. The molecule has 11 heavy (non-hydrogen) atoms. The molecule has 0 radical (unpaired) electrons. The van der Waals surface area contributed by atoms with E-state index >= 15 is 0 Å². The Hall–Kier alpha value is -1.24. The lowest BCUT2D eigenvalue weighted by molar-refractivity contribution is 0.564. The molecule has 0 aromatic carbocycles. The minimum Gasteiger partial charge on any atom is -0.472 e. The third kappa shape index (κ3) is 1.43. The van der Waals surface area contributed by atoms with E-state index in [0.717, 1.165) is 12.8 Å². The van der Waals surface area contributed by atoms with Crippen molar-refractivity contribution in [2.45, 2.75) is 12.8 Å². The average molecular weight is 146 g/mol. The Morgan fingerprint density at radius 1 is 1.45 bits per heavy atom. The van der Waals surface area contributed by atoms with Crippen LogP contribution in [0, 0.1) is 0 Å². The lowest BCUT2D eigenvalue weighted by Crippen LogP contribution is -1.83. The lowest BCUT2D eigenvalue weighted by atomic mass is 10.1. The smallest absolute Gasteiger partial charge is 0.0937 e. The van der Waals surface area contributed by atoms with E-state index in [2.05, 4.69) is 18.2 Å². The zero-order valence-electron chi connectivity index (χ0n) is 6.29. The van der Waals surface area contributed by atoms with E-state index in [1.165, 1.54) is 11.1 Å². The first kappa shape index (κ1) is 6.47. The molecular weight excluding hydrogens is 136 g/mol. The van der Waals surface area contributed by atoms with Gasteiger partial charge in [-0.25, -0.2) is 0 Å². The van der Waals surface area contributed by atoms with Crippen LogP contribution in [0.3, 0.4) is 0 Å². The first-order chi connectivity index (χ1) is 5.45. The first-order valence-corrected chi connectivity index (χ1v) is 3.81. The van der Waals surface area contributed by atoms with E-state index in [-0.39, 0.29) is 0 Å². The van der Waals surface area contributed by atoms with Crippen LogP contribution in [0.4, 0.5) is 0 Å². The Labute approximate surface area is 66.0 Å². The third-order valence-electron chi connectivity index (χ3n) is 1.86. The maximum atomic E-state index is 4.98. The first-order valence-electron chi connectivity index (χ1n) is 3.81. The molecule has 1 aliphatic rings. The van der Waals surface area contributed by atoms with Crippen LogP contribution in [-0.4, -0.2) is 0 Å². The molecule has 0 bridgehead atoms. The molecule has 0 aliphatic heterocycles. The zero-order valence-corrected chi connectivity index (χ0v) is 6.29. The highest BCUT2D eigenvalue weighted by molar-refractivity contribution is 5.27. The quantitative estimate of drug-likeness (QED) is 0.625. The molecular formula is C10H10O. The van der Waals surface area contributed by atoms with Crippen molar-refractivity contribution in [3.05, 3.63) is 48.0 Å². The highest BCUT2D eigenvalue weighted by Crippen LogP contribution is 2.16. The summed E-state index contributed by atoms with van der Waals surface area (Å²) in [6.45, 7) is 0. The second kappa shape index (κ2) is 2.79. The van der Waals surface area contributed by atoms with Gasteiger partial charge in [0.05, 0.1) is 12.5 Å². The number of hydrogen-bond acceptors (Lipinski definition) is 1. The molecule has 1 aromatic heterocycles. The molecule has 0 unspecified atom stereocenters. The van der Waals surface area contributed by atoms with Gasteiger partial charge in [0, 0.05) is 0 Å². The van der Waals surface area contributed by atoms with E-state index in [0.29, 0.717) is 0 Å². The summed E-state index contributed by atoms with van der Waals surface area (Å²) in [5, 5.41) is 0. The minimum absolute atomic E-state index is 1.03. The van der Waals surface area contributed by atoms with Gasteiger partial charge in [-0.3, -0.25) is 0 Å². The summed E-state index contributed by atoms with van der Waals surface area (Å²) in [4.78, 5) is 0. The zero-order chi connectivity index (χ0) is 7.52. The van der Waals surface area contributed by atoms with Gasteiger partial charge in [0.25, 0.3) is 0 Å². The molecule has 56 valence electrons. The van der Waals surface area contributed by atoms with Crippen molar-refractivity contribution < 1.29 is 4.42 Å². The predicted molar refractivity (Wildman–Crippen MR) is 44.3 cm³/mol. The van der Waals surface area contributed by atoms with Crippen molar-refractivity contribution in [1.82, 2.24) is 0 Å².